The van der Waals surface area contributed by atoms with Gasteiger partial charge in [0, 0.05) is 31.6 Å². The third kappa shape index (κ3) is 5.47. The van der Waals surface area contributed by atoms with Crippen LogP contribution in [-0.4, -0.2) is 54.6 Å². The zero-order chi connectivity index (χ0) is 20.1. The van der Waals surface area contributed by atoms with Crippen molar-refractivity contribution in [3.63, 3.8) is 0 Å². The number of hydrogen-bond acceptors (Lipinski definition) is 4. The quantitative estimate of drug-likeness (QED) is 0.667. The normalized spacial score (nSPS) is 20.8. The molecule has 1 aromatic carbocycles. The summed E-state index contributed by atoms with van der Waals surface area (Å²) in [6.07, 6.45) is 4.71. The summed E-state index contributed by atoms with van der Waals surface area (Å²) in [6, 6.07) is 10.6. The van der Waals surface area contributed by atoms with E-state index in [9.17, 15) is 4.79 Å². The number of benzene rings is 1. The van der Waals surface area contributed by atoms with Crippen LogP contribution in [0.25, 0.3) is 0 Å². The fraction of sp³-hybridized carbons (Fsp3) is 0.542. The average molecular weight is 413 g/mol. The van der Waals surface area contributed by atoms with E-state index in [0.29, 0.717) is 5.92 Å². The molecule has 29 heavy (non-hydrogen) atoms. The average Bonchev–Trinajstić information content (AvgIpc) is 3.44. The molecule has 5 heteroatoms. The van der Waals surface area contributed by atoms with Crippen molar-refractivity contribution in [3.8, 4) is 0 Å². The van der Waals surface area contributed by atoms with Crippen molar-refractivity contribution in [1.82, 2.24) is 9.80 Å². The summed E-state index contributed by atoms with van der Waals surface area (Å²) in [6.45, 7) is 7.88. The number of amides is 1. The van der Waals surface area contributed by atoms with Gasteiger partial charge in [0.05, 0.1) is 11.7 Å². The first-order valence-electron chi connectivity index (χ1n) is 10.9. The van der Waals surface area contributed by atoms with E-state index in [4.69, 9.17) is 4.74 Å². The Morgan fingerprint density at radius 2 is 2.00 bits per heavy atom. The Balaban J connectivity index is 1.33. The van der Waals surface area contributed by atoms with Crippen molar-refractivity contribution in [1.29, 1.82) is 0 Å². The summed E-state index contributed by atoms with van der Waals surface area (Å²) in [5.41, 5.74) is 3.63. The molecule has 3 heterocycles. The molecule has 1 aromatic heterocycles. The van der Waals surface area contributed by atoms with Gasteiger partial charge in [-0.15, -0.1) is 0 Å². The van der Waals surface area contributed by atoms with Crippen molar-refractivity contribution in [2.24, 2.45) is 5.92 Å². The highest BCUT2D eigenvalue weighted by Gasteiger charge is 2.28. The molecule has 2 aliphatic heterocycles. The summed E-state index contributed by atoms with van der Waals surface area (Å²) in [5.74, 6) is 0.746. The molecule has 2 fully saturated rings. The summed E-state index contributed by atoms with van der Waals surface area (Å²) >= 11 is 1.59. The molecule has 2 aromatic rings. The molecule has 0 bridgehead atoms. The molecule has 0 spiro atoms. The largest absolute Gasteiger partial charge is 0.376 e. The van der Waals surface area contributed by atoms with Gasteiger partial charge in [-0.2, -0.15) is 11.3 Å². The first-order chi connectivity index (χ1) is 14.2. The Morgan fingerprint density at radius 3 is 2.69 bits per heavy atom. The second kappa shape index (κ2) is 9.88. The highest BCUT2D eigenvalue weighted by molar-refractivity contribution is 7.08. The lowest BCUT2D eigenvalue weighted by atomic mass is 9.95. The monoisotopic (exact) mass is 412 g/mol. The Labute approximate surface area is 178 Å². The maximum Gasteiger partial charge on any atom is 0.254 e. The zero-order valence-electron chi connectivity index (χ0n) is 17.4. The molecule has 156 valence electrons. The van der Waals surface area contributed by atoms with Gasteiger partial charge in [0.25, 0.3) is 5.91 Å². The number of rotatable bonds is 7. The molecule has 1 amide bonds. The summed E-state index contributed by atoms with van der Waals surface area (Å²) < 4.78 is 5.84. The van der Waals surface area contributed by atoms with Crippen LogP contribution in [0.3, 0.4) is 0 Å². The maximum atomic E-state index is 13.1. The molecule has 4 rings (SSSR count). The van der Waals surface area contributed by atoms with Gasteiger partial charge in [0.2, 0.25) is 0 Å². The number of aryl methyl sites for hydroxylation is 1. The van der Waals surface area contributed by atoms with E-state index in [2.05, 4.69) is 41.0 Å². The van der Waals surface area contributed by atoms with Crippen LogP contribution in [0.5, 0.6) is 0 Å². The van der Waals surface area contributed by atoms with Gasteiger partial charge >= 0.3 is 0 Å². The van der Waals surface area contributed by atoms with Gasteiger partial charge in [-0.3, -0.25) is 9.69 Å². The number of ether oxygens (including phenoxy) is 1. The number of likely N-dealkylation sites (tertiary alicyclic amines) is 1. The van der Waals surface area contributed by atoms with Crippen molar-refractivity contribution in [2.75, 3.05) is 32.8 Å². The van der Waals surface area contributed by atoms with E-state index in [1.807, 2.05) is 16.8 Å². The van der Waals surface area contributed by atoms with Crippen LogP contribution in [0.15, 0.2) is 41.1 Å². The van der Waals surface area contributed by atoms with Gasteiger partial charge < -0.3 is 9.64 Å². The lowest BCUT2D eigenvalue weighted by Gasteiger charge is -2.35. The molecular formula is C24H32N2O2S. The van der Waals surface area contributed by atoms with Crippen LogP contribution >= 0.6 is 11.3 Å². The Morgan fingerprint density at radius 1 is 1.17 bits per heavy atom. The topological polar surface area (TPSA) is 32.8 Å². The second-order valence-corrected chi connectivity index (χ2v) is 9.28. The molecular weight excluding hydrogens is 380 g/mol. The number of carbonyl (C=O) groups excluding carboxylic acids is 1. The Hall–Kier alpha value is -1.69. The lowest BCUT2D eigenvalue weighted by molar-refractivity contribution is 0.0445. The van der Waals surface area contributed by atoms with Crippen molar-refractivity contribution < 1.29 is 9.53 Å². The Bertz CT molecular complexity index is 778. The predicted molar refractivity (Wildman–Crippen MR) is 118 cm³/mol. The molecule has 1 atom stereocenters. The van der Waals surface area contributed by atoms with Crippen LogP contribution < -0.4 is 0 Å². The van der Waals surface area contributed by atoms with Gasteiger partial charge in [-0.1, -0.05) is 24.3 Å². The molecule has 2 aliphatic rings. The SMILES string of the molecule is Cc1ccccc1CN1CCC(CN(C[C@@H]2CCCO2)C(=O)c2ccsc2)CC1. The van der Waals surface area contributed by atoms with Gasteiger partial charge in [-0.25, -0.2) is 0 Å². The van der Waals surface area contributed by atoms with Crippen LogP contribution in [0.4, 0.5) is 0 Å². The van der Waals surface area contributed by atoms with E-state index in [1.165, 1.54) is 11.1 Å². The highest BCUT2D eigenvalue weighted by Crippen LogP contribution is 2.23. The van der Waals surface area contributed by atoms with Crippen molar-refractivity contribution in [3.05, 3.63) is 57.8 Å². The molecule has 4 nitrogen and oxygen atoms in total. The van der Waals surface area contributed by atoms with Crippen LogP contribution in [-0.2, 0) is 11.3 Å². The van der Waals surface area contributed by atoms with E-state index in [1.54, 1.807) is 11.3 Å². The summed E-state index contributed by atoms with van der Waals surface area (Å²) in [4.78, 5) is 17.7. The van der Waals surface area contributed by atoms with E-state index < -0.39 is 0 Å². The van der Waals surface area contributed by atoms with E-state index in [-0.39, 0.29) is 12.0 Å². The standard InChI is InChI=1S/C24H32N2O2S/c1-19-5-2-3-6-21(19)16-25-11-8-20(9-12-25)15-26(17-23-7-4-13-28-23)24(27)22-10-14-29-18-22/h2-3,5-6,10,14,18,20,23H,4,7-9,11-13,15-17H2,1H3/t23-/m0/s1. The first-order valence-corrected chi connectivity index (χ1v) is 11.8. The molecule has 2 saturated heterocycles. The minimum absolute atomic E-state index is 0.170. The van der Waals surface area contributed by atoms with E-state index in [0.717, 1.165) is 70.6 Å². The smallest absolute Gasteiger partial charge is 0.254 e. The van der Waals surface area contributed by atoms with Crippen molar-refractivity contribution >= 4 is 17.2 Å². The third-order valence-corrected chi connectivity index (χ3v) is 7.03. The fourth-order valence-electron chi connectivity index (χ4n) is 4.51. The predicted octanol–water partition coefficient (Wildman–Crippen LogP) is 4.59. The van der Waals surface area contributed by atoms with Crippen LogP contribution in [0.1, 0.15) is 47.2 Å². The summed E-state index contributed by atoms with van der Waals surface area (Å²) in [5, 5.41) is 3.96. The van der Waals surface area contributed by atoms with Crippen LogP contribution in [0, 0.1) is 12.8 Å². The number of piperidine rings is 1. The summed E-state index contributed by atoms with van der Waals surface area (Å²) in [7, 11) is 0. The van der Waals surface area contributed by atoms with E-state index >= 15 is 0 Å². The number of hydrogen-bond donors (Lipinski definition) is 0. The van der Waals surface area contributed by atoms with Gasteiger partial charge in [0.1, 0.15) is 0 Å². The molecule has 0 radical (unpaired) electrons. The number of nitrogens with zero attached hydrogens (tertiary/aromatic N) is 2. The van der Waals surface area contributed by atoms with Gasteiger partial charge in [0.15, 0.2) is 0 Å². The number of carbonyl (C=O) groups is 1. The second-order valence-electron chi connectivity index (χ2n) is 8.50. The lowest BCUT2D eigenvalue weighted by Crippen LogP contribution is -2.43. The third-order valence-electron chi connectivity index (χ3n) is 6.34. The zero-order valence-corrected chi connectivity index (χ0v) is 18.2. The fourth-order valence-corrected chi connectivity index (χ4v) is 5.14. The Kier molecular flexibility index (Phi) is 7.01. The van der Waals surface area contributed by atoms with Crippen molar-refractivity contribution in [2.45, 2.75) is 45.3 Å². The molecule has 0 unspecified atom stereocenters. The highest BCUT2D eigenvalue weighted by atomic mass is 32.1. The minimum atomic E-state index is 0.170. The first kappa shape index (κ1) is 20.6. The minimum Gasteiger partial charge on any atom is -0.376 e. The van der Waals surface area contributed by atoms with Crippen LogP contribution in [0.2, 0.25) is 0 Å². The molecule has 0 saturated carbocycles. The number of thiophene rings is 1. The van der Waals surface area contributed by atoms with Gasteiger partial charge in [-0.05, 0) is 74.2 Å². The maximum absolute atomic E-state index is 13.1. The molecule has 0 aliphatic carbocycles. The molecule has 0 N–H and O–H groups in total.